The molecule has 3 nitrogen and oxygen atoms in total. The van der Waals surface area contributed by atoms with E-state index >= 15 is 0 Å². The highest BCUT2D eigenvalue weighted by molar-refractivity contribution is 9.10. The zero-order valence-corrected chi connectivity index (χ0v) is 12.2. The molecule has 0 amide bonds. The fourth-order valence-corrected chi connectivity index (χ4v) is 2.00. The van der Waals surface area contributed by atoms with Crippen LogP contribution in [0, 0.1) is 5.92 Å². The number of aromatic nitrogens is 2. The van der Waals surface area contributed by atoms with Gasteiger partial charge in [0.15, 0.2) is 0 Å². The van der Waals surface area contributed by atoms with Gasteiger partial charge in [-0.25, -0.2) is 4.98 Å². The first kappa shape index (κ1) is 13.7. The minimum atomic E-state index is 0.292. The van der Waals surface area contributed by atoms with Crippen LogP contribution in [0.1, 0.15) is 27.2 Å². The van der Waals surface area contributed by atoms with Gasteiger partial charge in [0.25, 0.3) is 0 Å². The monoisotopic (exact) mass is 305 g/mol. The molecule has 0 N–H and O–H groups in total. The van der Waals surface area contributed by atoms with Crippen LogP contribution in [0.2, 0.25) is 5.28 Å². The van der Waals surface area contributed by atoms with Crippen molar-refractivity contribution in [3.05, 3.63) is 16.0 Å². The van der Waals surface area contributed by atoms with E-state index in [1.165, 1.54) is 0 Å². The van der Waals surface area contributed by atoms with E-state index in [9.17, 15) is 0 Å². The van der Waals surface area contributed by atoms with Gasteiger partial charge in [-0.05, 0) is 40.4 Å². The van der Waals surface area contributed by atoms with E-state index in [0.29, 0.717) is 11.2 Å². The van der Waals surface area contributed by atoms with Crippen LogP contribution in [0.3, 0.4) is 0 Å². The Bertz CT molecular complexity index is 346. The summed E-state index contributed by atoms with van der Waals surface area (Å²) < 4.78 is 0.891. The maximum Gasteiger partial charge on any atom is 0.224 e. The second kappa shape index (κ2) is 6.40. The molecule has 0 aliphatic heterocycles. The van der Waals surface area contributed by atoms with Gasteiger partial charge in [0.2, 0.25) is 5.28 Å². The molecule has 5 heteroatoms. The van der Waals surface area contributed by atoms with Gasteiger partial charge in [-0.1, -0.05) is 20.3 Å². The Morgan fingerprint density at radius 3 is 2.75 bits per heavy atom. The Balaban J connectivity index is 2.89. The Morgan fingerprint density at radius 1 is 1.50 bits per heavy atom. The zero-order chi connectivity index (χ0) is 12.1. The molecule has 1 rings (SSSR count). The van der Waals surface area contributed by atoms with Crippen LogP contribution < -0.4 is 4.90 Å². The Morgan fingerprint density at radius 2 is 2.19 bits per heavy atom. The Labute approximate surface area is 110 Å². The predicted molar refractivity (Wildman–Crippen MR) is 72.1 cm³/mol. The van der Waals surface area contributed by atoms with Gasteiger partial charge in [-0.15, -0.1) is 0 Å². The van der Waals surface area contributed by atoms with E-state index in [2.05, 4.69) is 51.6 Å². The van der Waals surface area contributed by atoms with E-state index in [1.54, 1.807) is 6.20 Å². The Hall–Kier alpha value is -0.350. The largest absolute Gasteiger partial charge is 0.356 e. The molecule has 0 aliphatic carbocycles. The number of hydrogen-bond donors (Lipinski definition) is 0. The second-order valence-electron chi connectivity index (χ2n) is 3.86. The van der Waals surface area contributed by atoms with Gasteiger partial charge in [-0.2, -0.15) is 4.98 Å². The molecule has 0 fully saturated rings. The number of hydrogen-bond acceptors (Lipinski definition) is 3. The van der Waals surface area contributed by atoms with Gasteiger partial charge in [0, 0.05) is 19.3 Å². The summed E-state index contributed by atoms with van der Waals surface area (Å²) in [5, 5.41) is 0.292. The molecule has 1 unspecified atom stereocenters. The third-order valence-electron chi connectivity index (χ3n) is 2.61. The Kier molecular flexibility index (Phi) is 5.49. The summed E-state index contributed by atoms with van der Waals surface area (Å²) in [6, 6.07) is 0. The average molecular weight is 307 g/mol. The summed E-state index contributed by atoms with van der Waals surface area (Å²) in [6.45, 7) is 8.44. The molecular weight excluding hydrogens is 289 g/mol. The van der Waals surface area contributed by atoms with E-state index in [-0.39, 0.29) is 0 Å². The molecule has 0 bridgehead atoms. The van der Waals surface area contributed by atoms with Crippen LogP contribution in [-0.4, -0.2) is 23.1 Å². The van der Waals surface area contributed by atoms with Crippen LogP contribution in [0.25, 0.3) is 0 Å². The van der Waals surface area contributed by atoms with Gasteiger partial charge < -0.3 is 4.90 Å². The summed E-state index contributed by atoms with van der Waals surface area (Å²) in [7, 11) is 0. The predicted octanol–water partition coefficient (Wildman–Crippen LogP) is 3.76. The molecule has 1 heterocycles. The van der Waals surface area contributed by atoms with E-state index in [4.69, 9.17) is 11.6 Å². The molecule has 0 spiro atoms. The quantitative estimate of drug-likeness (QED) is 0.776. The lowest BCUT2D eigenvalue weighted by Gasteiger charge is -2.25. The van der Waals surface area contributed by atoms with Crippen LogP contribution >= 0.6 is 27.5 Å². The molecule has 90 valence electrons. The smallest absolute Gasteiger partial charge is 0.224 e. The standard InChI is InChI=1S/C11H17BrClN3/c1-4-8(3)7-16(5-2)10-9(12)6-14-11(13)15-10/h6,8H,4-5,7H2,1-3H3. The highest BCUT2D eigenvalue weighted by Gasteiger charge is 2.13. The highest BCUT2D eigenvalue weighted by Crippen LogP contribution is 2.25. The van der Waals surface area contributed by atoms with Crippen molar-refractivity contribution in [3.63, 3.8) is 0 Å². The molecule has 0 aliphatic rings. The lowest BCUT2D eigenvalue weighted by atomic mass is 10.1. The molecule has 0 aromatic carbocycles. The molecule has 1 aromatic rings. The van der Waals surface area contributed by atoms with Crippen molar-refractivity contribution >= 4 is 33.3 Å². The maximum atomic E-state index is 5.82. The number of anilines is 1. The van der Waals surface area contributed by atoms with Gasteiger partial charge in [0.05, 0.1) is 4.47 Å². The molecular formula is C11H17BrClN3. The molecule has 1 atom stereocenters. The molecule has 16 heavy (non-hydrogen) atoms. The third-order valence-corrected chi connectivity index (χ3v) is 3.35. The second-order valence-corrected chi connectivity index (χ2v) is 5.06. The summed E-state index contributed by atoms with van der Waals surface area (Å²) in [4.78, 5) is 10.4. The van der Waals surface area contributed by atoms with Gasteiger partial charge in [-0.3, -0.25) is 0 Å². The van der Waals surface area contributed by atoms with Crippen LogP contribution in [0.15, 0.2) is 10.7 Å². The van der Waals surface area contributed by atoms with E-state index in [1.807, 2.05) is 0 Å². The highest BCUT2D eigenvalue weighted by atomic mass is 79.9. The topological polar surface area (TPSA) is 29.0 Å². The fraction of sp³-hybridized carbons (Fsp3) is 0.636. The average Bonchev–Trinajstić information content (AvgIpc) is 2.29. The minimum absolute atomic E-state index is 0.292. The summed E-state index contributed by atoms with van der Waals surface area (Å²) in [6.07, 6.45) is 2.86. The molecule has 0 radical (unpaired) electrons. The summed E-state index contributed by atoms with van der Waals surface area (Å²) >= 11 is 9.28. The SMILES string of the molecule is CCC(C)CN(CC)c1nc(Cl)ncc1Br. The van der Waals surface area contributed by atoms with E-state index in [0.717, 1.165) is 29.8 Å². The van der Waals surface area contributed by atoms with Crippen molar-refractivity contribution in [2.45, 2.75) is 27.2 Å². The maximum absolute atomic E-state index is 5.82. The summed E-state index contributed by atoms with van der Waals surface area (Å²) in [5.41, 5.74) is 0. The van der Waals surface area contributed by atoms with Crippen LogP contribution in [-0.2, 0) is 0 Å². The lowest BCUT2D eigenvalue weighted by Crippen LogP contribution is -2.29. The van der Waals surface area contributed by atoms with Crippen molar-refractivity contribution in [3.8, 4) is 0 Å². The first-order valence-electron chi connectivity index (χ1n) is 5.51. The van der Waals surface area contributed by atoms with E-state index < -0.39 is 0 Å². The normalized spacial score (nSPS) is 12.6. The third kappa shape index (κ3) is 3.59. The van der Waals surface area contributed by atoms with Crippen LogP contribution in [0.5, 0.6) is 0 Å². The molecule has 0 saturated carbocycles. The number of nitrogens with zero attached hydrogens (tertiary/aromatic N) is 3. The molecule has 1 aromatic heterocycles. The zero-order valence-electron chi connectivity index (χ0n) is 9.87. The van der Waals surface area contributed by atoms with Crippen LogP contribution in [0.4, 0.5) is 5.82 Å². The van der Waals surface area contributed by atoms with Crippen molar-refractivity contribution in [2.24, 2.45) is 5.92 Å². The van der Waals surface area contributed by atoms with Crippen molar-refractivity contribution in [1.82, 2.24) is 9.97 Å². The number of halogens is 2. The first-order valence-corrected chi connectivity index (χ1v) is 6.68. The lowest BCUT2D eigenvalue weighted by molar-refractivity contribution is 0.545. The fourth-order valence-electron chi connectivity index (χ4n) is 1.43. The first-order chi connectivity index (χ1) is 7.58. The van der Waals surface area contributed by atoms with Crippen molar-refractivity contribution in [2.75, 3.05) is 18.0 Å². The van der Waals surface area contributed by atoms with Crippen molar-refractivity contribution in [1.29, 1.82) is 0 Å². The van der Waals surface area contributed by atoms with Gasteiger partial charge in [0.1, 0.15) is 5.82 Å². The number of rotatable bonds is 5. The summed E-state index contributed by atoms with van der Waals surface area (Å²) in [5.74, 6) is 1.52. The van der Waals surface area contributed by atoms with Crippen molar-refractivity contribution < 1.29 is 0 Å². The minimum Gasteiger partial charge on any atom is -0.356 e. The van der Waals surface area contributed by atoms with Gasteiger partial charge >= 0.3 is 0 Å². The molecule has 0 saturated heterocycles.